The molecule has 0 saturated heterocycles. The maximum atomic E-state index is 12.4. The van der Waals surface area contributed by atoms with Gasteiger partial charge in [0.25, 0.3) is 0 Å². The molecule has 20 heavy (non-hydrogen) atoms. The number of Topliss-reactive ketones (excluding diaryl/α,β-unsaturated/α-hetero) is 1. The summed E-state index contributed by atoms with van der Waals surface area (Å²) in [6.45, 7) is 2.68. The van der Waals surface area contributed by atoms with E-state index >= 15 is 0 Å². The van der Waals surface area contributed by atoms with Crippen molar-refractivity contribution in [3.05, 3.63) is 64.1 Å². The molecule has 0 atom stereocenters. The summed E-state index contributed by atoms with van der Waals surface area (Å²) in [4.78, 5) is 12.4. The monoisotopic (exact) mass is 332 g/mol. The fourth-order valence-corrected chi connectivity index (χ4v) is 2.18. The second-order valence-electron chi connectivity index (χ2n) is 4.57. The number of carbonyl (C=O) groups is 1. The van der Waals surface area contributed by atoms with Gasteiger partial charge >= 0.3 is 0 Å². The Kier molecular flexibility index (Phi) is 5.36. The summed E-state index contributed by atoms with van der Waals surface area (Å²) in [7, 11) is 0. The quantitative estimate of drug-likeness (QED) is 0.719. The summed E-state index contributed by atoms with van der Waals surface area (Å²) in [5.74, 6) is 0.760. The van der Waals surface area contributed by atoms with Crippen LogP contribution < -0.4 is 4.74 Å². The lowest BCUT2D eigenvalue weighted by Crippen LogP contribution is -2.07. The van der Waals surface area contributed by atoms with Gasteiger partial charge < -0.3 is 4.74 Å². The summed E-state index contributed by atoms with van der Waals surface area (Å²) < 4.78 is 6.65. The number of ether oxygens (including phenoxy) is 1. The molecule has 2 rings (SSSR count). The average molecular weight is 333 g/mol. The van der Waals surface area contributed by atoms with Gasteiger partial charge in [-0.05, 0) is 36.2 Å². The Morgan fingerprint density at radius 1 is 1.10 bits per heavy atom. The second kappa shape index (κ2) is 7.25. The van der Waals surface area contributed by atoms with E-state index in [0.29, 0.717) is 24.3 Å². The van der Waals surface area contributed by atoms with E-state index in [-0.39, 0.29) is 5.78 Å². The summed E-state index contributed by atoms with van der Waals surface area (Å²) in [5.41, 5.74) is 1.66. The molecule has 2 aromatic carbocycles. The fourth-order valence-electron chi connectivity index (χ4n) is 1.92. The number of para-hydroxylation sites is 1. The molecule has 0 radical (unpaired) electrons. The van der Waals surface area contributed by atoms with Crippen LogP contribution in [-0.2, 0) is 6.42 Å². The van der Waals surface area contributed by atoms with E-state index < -0.39 is 0 Å². The van der Waals surface area contributed by atoms with Crippen molar-refractivity contribution in [3.8, 4) is 5.75 Å². The molecule has 0 fully saturated rings. The molecule has 0 heterocycles. The standard InChI is InChI=1S/C17H17BrO2/c1-2-11-20-17-6-4-3-5-15(17)16(19)12-13-7-9-14(18)10-8-13/h3-10H,2,11-12H2,1H3. The van der Waals surface area contributed by atoms with Crippen LogP contribution >= 0.6 is 15.9 Å². The lowest BCUT2D eigenvalue weighted by molar-refractivity contribution is 0.0989. The van der Waals surface area contributed by atoms with Crippen LogP contribution in [0.3, 0.4) is 0 Å². The van der Waals surface area contributed by atoms with Gasteiger partial charge in [-0.15, -0.1) is 0 Å². The topological polar surface area (TPSA) is 26.3 Å². The van der Waals surface area contributed by atoms with E-state index in [1.165, 1.54) is 0 Å². The highest BCUT2D eigenvalue weighted by Gasteiger charge is 2.12. The summed E-state index contributed by atoms with van der Waals surface area (Å²) in [5, 5.41) is 0. The fraction of sp³-hybridized carbons (Fsp3) is 0.235. The number of hydrogen-bond acceptors (Lipinski definition) is 2. The van der Waals surface area contributed by atoms with Gasteiger partial charge in [-0.2, -0.15) is 0 Å². The van der Waals surface area contributed by atoms with Crippen molar-refractivity contribution >= 4 is 21.7 Å². The molecular weight excluding hydrogens is 316 g/mol. The van der Waals surface area contributed by atoms with E-state index in [1.54, 1.807) is 0 Å². The second-order valence-corrected chi connectivity index (χ2v) is 5.49. The molecule has 0 aliphatic heterocycles. The molecule has 0 saturated carbocycles. The number of rotatable bonds is 6. The molecule has 0 unspecified atom stereocenters. The zero-order valence-corrected chi connectivity index (χ0v) is 13.0. The van der Waals surface area contributed by atoms with Crippen LogP contribution in [-0.4, -0.2) is 12.4 Å². The molecule has 0 aromatic heterocycles. The Labute approximate surface area is 127 Å². The van der Waals surface area contributed by atoms with Crippen LogP contribution in [0.1, 0.15) is 29.3 Å². The first-order chi connectivity index (χ1) is 9.70. The van der Waals surface area contributed by atoms with Gasteiger partial charge in [0.15, 0.2) is 5.78 Å². The third kappa shape index (κ3) is 3.94. The van der Waals surface area contributed by atoms with Crippen molar-refractivity contribution in [2.75, 3.05) is 6.61 Å². The maximum absolute atomic E-state index is 12.4. The minimum absolute atomic E-state index is 0.0824. The first kappa shape index (κ1) is 14.8. The summed E-state index contributed by atoms with van der Waals surface area (Å²) in [6, 6.07) is 15.2. The van der Waals surface area contributed by atoms with Crippen LogP contribution in [0.2, 0.25) is 0 Å². The molecule has 2 nitrogen and oxygen atoms in total. The van der Waals surface area contributed by atoms with E-state index in [9.17, 15) is 4.79 Å². The first-order valence-electron chi connectivity index (χ1n) is 6.70. The number of halogens is 1. The third-order valence-electron chi connectivity index (χ3n) is 2.93. The van der Waals surface area contributed by atoms with Crippen LogP contribution in [0.25, 0.3) is 0 Å². The van der Waals surface area contributed by atoms with Crippen molar-refractivity contribution in [2.45, 2.75) is 19.8 Å². The van der Waals surface area contributed by atoms with Gasteiger partial charge in [0.2, 0.25) is 0 Å². The van der Waals surface area contributed by atoms with Crippen molar-refractivity contribution in [3.63, 3.8) is 0 Å². The Morgan fingerprint density at radius 3 is 2.50 bits per heavy atom. The molecule has 104 valence electrons. The highest BCUT2D eigenvalue weighted by Crippen LogP contribution is 2.21. The predicted molar refractivity (Wildman–Crippen MR) is 84.4 cm³/mol. The first-order valence-corrected chi connectivity index (χ1v) is 7.49. The van der Waals surface area contributed by atoms with Gasteiger partial charge in [0.1, 0.15) is 5.75 Å². The third-order valence-corrected chi connectivity index (χ3v) is 3.46. The lowest BCUT2D eigenvalue weighted by Gasteiger charge is -2.10. The minimum atomic E-state index is 0.0824. The zero-order chi connectivity index (χ0) is 14.4. The smallest absolute Gasteiger partial charge is 0.170 e. The molecular formula is C17H17BrO2. The van der Waals surface area contributed by atoms with Crippen LogP contribution in [0.5, 0.6) is 5.75 Å². The number of carbonyl (C=O) groups excluding carboxylic acids is 1. The molecule has 0 bridgehead atoms. The van der Waals surface area contributed by atoms with Crippen molar-refractivity contribution in [2.24, 2.45) is 0 Å². The summed E-state index contributed by atoms with van der Waals surface area (Å²) >= 11 is 3.39. The highest BCUT2D eigenvalue weighted by atomic mass is 79.9. The Balaban J connectivity index is 2.14. The van der Waals surface area contributed by atoms with Crippen LogP contribution in [0.15, 0.2) is 53.0 Å². The van der Waals surface area contributed by atoms with Gasteiger partial charge in [0, 0.05) is 10.9 Å². The lowest BCUT2D eigenvalue weighted by atomic mass is 10.0. The molecule has 0 aliphatic carbocycles. The Hall–Kier alpha value is -1.61. The van der Waals surface area contributed by atoms with Gasteiger partial charge in [-0.25, -0.2) is 0 Å². The van der Waals surface area contributed by atoms with E-state index in [2.05, 4.69) is 15.9 Å². The maximum Gasteiger partial charge on any atom is 0.170 e. The molecule has 0 N–H and O–H groups in total. The average Bonchev–Trinajstić information content (AvgIpc) is 2.47. The van der Waals surface area contributed by atoms with E-state index in [1.807, 2.05) is 55.5 Å². The molecule has 0 amide bonds. The van der Waals surface area contributed by atoms with Crippen LogP contribution in [0, 0.1) is 0 Å². The van der Waals surface area contributed by atoms with E-state index in [0.717, 1.165) is 16.5 Å². The largest absolute Gasteiger partial charge is 0.493 e. The number of hydrogen-bond donors (Lipinski definition) is 0. The van der Waals surface area contributed by atoms with Gasteiger partial charge in [-0.3, -0.25) is 4.79 Å². The number of benzene rings is 2. The SMILES string of the molecule is CCCOc1ccccc1C(=O)Cc1ccc(Br)cc1. The summed E-state index contributed by atoms with van der Waals surface area (Å²) in [6.07, 6.45) is 1.31. The Bertz CT molecular complexity index is 576. The van der Waals surface area contributed by atoms with Crippen molar-refractivity contribution in [1.82, 2.24) is 0 Å². The van der Waals surface area contributed by atoms with Gasteiger partial charge in [0.05, 0.1) is 12.2 Å². The molecule has 0 spiro atoms. The predicted octanol–water partition coefficient (Wildman–Crippen LogP) is 4.66. The number of ketones is 1. The van der Waals surface area contributed by atoms with Crippen LogP contribution in [0.4, 0.5) is 0 Å². The molecule has 3 heteroatoms. The normalized spacial score (nSPS) is 10.3. The van der Waals surface area contributed by atoms with Crippen molar-refractivity contribution < 1.29 is 9.53 Å². The molecule has 2 aromatic rings. The molecule has 0 aliphatic rings. The minimum Gasteiger partial charge on any atom is -0.493 e. The van der Waals surface area contributed by atoms with Gasteiger partial charge in [-0.1, -0.05) is 47.1 Å². The Morgan fingerprint density at radius 2 is 1.80 bits per heavy atom. The highest BCUT2D eigenvalue weighted by molar-refractivity contribution is 9.10. The van der Waals surface area contributed by atoms with Crippen molar-refractivity contribution in [1.29, 1.82) is 0 Å². The zero-order valence-electron chi connectivity index (χ0n) is 11.4. The van der Waals surface area contributed by atoms with E-state index in [4.69, 9.17) is 4.74 Å².